The lowest BCUT2D eigenvalue weighted by atomic mass is 10.0. The predicted molar refractivity (Wildman–Crippen MR) is 178 cm³/mol. The second kappa shape index (κ2) is 20.8. The van der Waals surface area contributed by atoms with Crippen molar-refractivity contribution >= 4 is 17.9 Å². The van der Waals surface area contributed by atoms with E-state index in [2.05, 4.69) is 6.92 Å². The highest BCUT2D eigenvalue weighted by Crippen LogP contribution is 2.24. The Morgan fingerprint density at radius 2 is 1.26 bits per heavy atom. The van der Waals surface area contributed by atoms with Crippen molar-refractivity contribution in [1.29, 1.82) is 0 Å². The maximum absolute atomic E-state index is 14.7. The highest BCUT2D eigenvalue weighted by atomic mass is 19.1. The van der Waals surface area contributed by atoms with Gasteiger partial charge in [0.1, 0.15) is 23.9 Å². The average Bonchev–Trinajstić information content (AvgIpc) is 3.07. The van der Waals surface area contributed by atoms with E-state index in [0.29, 0.717) is 6.61 Å². The Morgan fingerprint density at radius 1 is 0.681 bits per heavy atom. The lowest BCUT2D eigenvalue weighted by Crippen LogP contribution is -2.27. The first kappa shape index (κ1) is 37.2. The Balaban J connectivity index is 1.42. The van der Waals surface area contributed by atoms with Gasteiger partial charge in [-0.3, -0.25) is 0 Å². The lowest BCUT2D eigenvalue weighted by Gasteiger charge is -2.13. The van der Waals surface area contributed by atoms with Crippen LogP contribution in [0.4, 0.5) is 4.39 Å². The zero-order chi connectivity index (χ0) is 33.9. The number of carbonyl (C=O) groups excluding carboxylic acids is 3. The fraction of sp³-hybridized carbons (Fsp3) is 0.447. The fourth-order valence-electron chi connectivity index (χ4n) is 4.83. The Hall–Kier alpha value is -4.24. The summed E-state index contributed by atoms with van der Waals surface area (Å²) >= 11 is 0. The molecule has 0 saturated heterocycles. The smallest absolute Gasteiger partial charge is 0.347 e. The second-order valence-electron chi connectivity index (χ2n) is 11.4. The highest BCUT2D eigenvalue weighted by molar-refractivity contribution is 5.93. The van der Waals surface area contributed by atoms with Crippen molar-refractivity contribution in [3.8, 4) is 22.6 Å². The number of ether oxygens (including phenoxy) is 5. The number of unbranched alkanes of at least 4 members (excludes halogenated alkanes) is 9. The average molecular weight is 651 g/mol. The number of methoxy groups -OCH3 is 1. The normalized spacial score (nSPS) is 11.5. The van der Waals surface area contributed by atoms with E-state index in [1.54, 1.807) is 24.3 Å². The van der Waals surface area contributed by atoms with Gasteiger partial charge in [-0.05, 0) is 60.9 Å². The van der Waals surface area contributed by atoms with E-state index in [1.165, 1.54) is 77.9 Å². The largest absolute Gasteiger partial charge is 0.494 e. The number of carbonyl (C=O) groups is 3. The quantitative estimate of drug-likeness (QED) is 0.0641. The van der Waals surface area contributed by atoms with Gasteiger partial charge in [-0.15, -0.1) is 0 Å². The van der Waals surface area contributed by atoms with E-state index in [1.807, 2.05) is 24.3 Å². The van der Waals surface area contributed by atoms with E-state index in [4.69, 9.17) is 23.7 Å². The molecule has 9 heteroatoms. The molecule has 0 saturated carbocycles. The molecule has 1 atom stereocenters. The third-order valence-corrected chi connectivity index (χ3v) is 7.59. The molecule has 8 nitrogen and oxygen atoms in total. The van der Waals surface area contributed by atoms with Crippen LogP contribution in [0.1, 0.15) is 98.8 Å². The third kappa shape index (κ3) is 13.2. The van der Waals surface area contributed by atoms with Gasteiger partial charge in [-0.25, -0.2) is 18.8 Å². The number of halogens is 1. The summed E-state index contributed by atoms with van der Waals surface area (Å²) in [6.07, 6.45) is 11.6. The summed E-state index contributed by atoms with van der Waals surface area (Å²) in [5.74, 6) is -2.75. The molecule has 0 aromatic heterocycles. The van der Waals surface area contributed by atoms with Crippen molar-refractivity contribution in [3.63, 3.8) is 0 Å². The molecule has 0 unspecified atom stereocenters. The van der Waals surface area contributed by atoms with Gasteiger partial charge in [0.2, 0.25) is 0 Å². The summed E-state index contributed by atoms with van der Waals surface area (Å²) in [6, 6.07) is 18.0. The summed E-state index contributed by atoms with van der Waals surface area (Å²) in [6.45, 7) is 4.45. The summed E-state index contributed by atoms with van der Waals surface area (Å²) in [5.41, 5.74) is 1.74. The van der Waals surface area contributed by atoms with Crippen LogP contribution < -0.4 is 9.47 Å². The molecule has 254 valence electrons. The van der Waals surface area contributed by atoms with Crippen LogP contribution in [0.5, 0.6) is 11.5 Å². The predicted octanol–water partition coefficient (Wildman–Crippen LogP) is 8.75. The minimum absolute atomic E-state index is 0.00353. The van der Waals surface area contributed by atoms with Gasteiger partial charge in [0.05, 0.1) is 24.3 Å². The first-order valence-corrected chi connectivity index (χ1v) is 16.5. The topological polar surface area (TPSA) is 97.4 Å². The molecule has 0 N–H and O–H groups in total. The van der Waals surface area contributed by atoms with Crippen molar-refractivity contribution in [3.05, 3.63) is 83.7 Å². The van der Waals surface area contributed by atoms with Crippen molar-refractivity contribution in [2.45, 2.75) is 84.2 Å². The minimum atomic E-state index is -1.25. The van der Waals surface area contributed by atoms with Crippen LogP contribution in [0.25, 0.3) is 11.1 Å². The Labute approximate surface area is 277 Å². The minimum Gasteiger partial charge on any atom is -0.494 e. The summed E-state index contributed by atoms with van der Waals surface area (Å²) in [5, 5.41) is 0. The SMILES string of the molecule is CCCCCCCCCCCCOc1ccc(-c2ccc(C(=O)Oc3ccc(C(=O)O[C@@H](C)C(=O)OCCOC)c(F)c3)cc2)cc1. The van der Waals surface area contributed by atoms with Crippen molar-refractivity contribution in [2.75, 3.05) is 26.9 Å². The Morgan fingerprint density at radius 3 is 1.85 bits per heavy atom. The van der Waals surface area contributed by atoms with Gasteiger partial charge in [0.15, 0.2) is 6.10 Å². The second-order valence-corrected chi connectivity index (χ2v) is 11.4. The monoisotopic (exact) mass is 650 g/mol. The molecule has 0 bridgehead atoms. The van der Waals surface area contributed by atoms with Gasteiger partial charge >= 0.3 is 17.9 Å². The number of esters is 3. The van der Waals surface area contributed by atoms with E-state index in [-0.39, 0.29) is 24.5 Å². The van der Waals surface area contributed by atoms with Crippen LogP contribution in [0.15, 0.2) is 66.7 Å². The van der Waals surface area contributed by atoms with Crippen LogP contribution in [0.3, 0.4) is 0 Å². The molecule has 3 aromatic rings. The zero-order valence-corrected chi connectivity index (χ0v) is 27.8. The molecule has 0 radical (unpaired) electrons. The van der Waals surface area contributed by atoms with Gasteiger partial charge in [0, 0.05) is 13.2 Å². The molecule has 3 rings (SSSR count). The molecule has 0 aliphatic rings. The van der Waals surface area contributed by atoms with Crippen LogP contribution in [0, 0.1) is 5.82 Å². The first-order chi connectivity index (χ1) is 22.8. The number of hydrogen-bond acceptors (Lipinski definition) is 8. The molecule has 0 spiro atoms. The molecule has 0 aliphatic heterocycles. The summed E-state index contributed by atoms with van der Waals surface area (Å²) in [7, 11) is 1.45. The van der Waals surface area contributed by atoms with Gasteiger partial charge in [-0.2, -0.15) is 0 Å². The standard InChI is InChI=1S/C38H47FO8/c1-4-5-6-7-8-9-10-11-12-13-24-44-32-20-18-30(19-21-32)29-14-16-31(17-15-29)37(41)47-33-22-23-34(35(39)27-33)38(42)46-28(2)36(40)45-26-25-43-3/h14-23,27-28H,4-13,24-26H2,1-3H3/t28-/m0/s1. The molecule has 0 amide bonds. The number of hydrogen-bond donors (Lipinski definition) is 0. The molecular formula is C38H47FO8. The molecular weight excluding hydrogens is 603 g/mol. The molecule has 47 heavy (non-hydrogen) atoms. The Kier molecular flexibility index (Phi) is 16.5. The van der Waals surface area contributed by atoms with Gasteiger partial charge < -0.3 is 23.7 Å². The van der Waals surface area contributed by atoms with Gasteiger partial charge in [-0.1, -0.05) is 89.0 Å². The molecule has 0 heterocycles. The van der Waals surface area contributed by atoms with Gasteiger partial charge in [0.25, 0.3) is 0 Å². The van der Waals surface area contributed by atoms with Crippen LogP contribution in [-0.4, -0.2) is 50.9 Å². The number of benzene rings is 3. The zero-order valence-electron chi connectivity index (χ0n) is 27.8. The molecule has 0 aliphatic carbocycles. The number of rotatable bonds is 21. The fourth-order valence-corrected chi connectivity index (χ4v) is 4.83. The van der Waals surface area contributed by atoms with E-state index in [9.17, 15) is 18.8 Å². The van der Waals surface area contributed by atoms with E-state index < -0.39 is 35.4 Å². The third-order valence-electron chi connectivity index (χ3n) is 7.59. The highest BCUT2D eigenvalue weighted by Gasteiger charge is 2.23. The van der Waals surface area contributed by atoms with E-state index in [0.717, 1.165) is 35.4 Å². The lowest BCUT2D eigenvalue weighted by molar-refractivity contribution is -0.154. The molecule has 0 fully saturated rings. The molecule has 3 aromatic carbocycles. The van der Waals surface area contributed by atoms with Crippen molar-refractivity contribution in [1.82, 2.24) is 0 Å². The Bertz CT molecular complexity index is 1390. The van der Waals surface area contributed by atoms with Crippen LogP contribution >= 0.6 is 0 Å². The van der Waals surface area contributed by atoms with Crippen LogP contribution in [0.2, 0.25) is 0 Å². The summed E-state index contributed by atoms with van der Waals surface area (Å²) < 4.78 is 40.6. The van der Waals surface area contributed by atoms with E-state index >= 15 is 0 Å². The van der Waals surface area contributed by atoms with Crippen molar-refractivity contribution in [2.24, 2.45) is 0 Å². The maximum atomic E-state index is 14.7. The van der Waals surface area contributed by atoms with Crippen molar-refractivity contribution < 1.29 is 42.5 Å². The van der Waals surface area contributed by atoms with Crippen LogP contribution in [-0.2, 0) is 19.0 Å². The maximum Gasteiger partial charge on any atom is 0.347 e. The first-order valence-electron chi connectivity index (χ1n) is 16.5. The summed E-state index contributed by atoms with van der Waals surface area (Å²) in [4.78, 5) is 36.9.